The van der Waals surface area contributed by atoms with Crippen molar-refractivity contribution in [3.05, 3.63) is 58.9 Å². The van der Waals surface area contributed by atoms with Crippen molar-refractivity contribution in [2.45, 2.75) is 6.61 Å². The van der Waals surface area contributed by atoms with Crippen LogP contribution in [0.1, 0.15) is 15.9 Å². The smallest absolute Gasteiger partial charge is 0.338 e. The number of carbonyl (C=O) groups is 1. The standard InChI is InChI=1S/C13H11ClN2O2/c14-11-5-10(6-12(15)7-11)13(17)18-8-9-1-3-16-4-2-9/h1-7H,8,15H2. The molecule has 4 nitrogen and oxygen atoms in total. The number of halogens is 1. The van der Waals surface area contributed by atoms with Crippen LogP contribution in [-0.4, -0.2) is 11.0 Å². The molecule has 0 fully saturated rings. The lowest BCUT2D eigenvalue weighted by Gasteiger charge is -2.06. The first-order valence-corrected chi connectivity index (χ1v) is 5.65. The molecule has 0 saturated heterocycles. The predicted molar refractivity (Wildman–Crippen MR) is 69.2 cm³/mol. The van der Waals surface area contributed by atoms with E-state index in [9.17, 15) is 4.79 Å². The van der Waals surface area contributed by atoms with Gasteiger partial charge in [-0.05, 0) is 35.9 Å². The van der Waals surface area contributed by atoms with Crippen molar-refractivity contribution in [3.63, 3.8) is 0 Å². The molecule has 0 aliphatic carbocycles. The predicted octanol–water partition coefficient (Wildman–Crippen LogP) is 2.67. The molecule has 5 heteroatoms. The summed E-state index contributed by atoms with van der Waals surface area (Å²) in [6.07, 6.45) is 3.28. The van der Waals surface area contributed by atoms with Crippen LogP contribution in [0.5, 0.6) is 0 Å². The van der Waals surface area contributed by atoms with Gasteiger partial charge in [0.2, 0.25) is 0 Å². The number of hydrogen-bond acceptors (Lipinski definition) is 4. The van der Waals surface area contributed by atoms with Crippen LogP contribution in [0.25, 0.3) is 0 Å². The van der Waals surface area contributed by atoms with Crippen molar-refractivity contribution < 1.29 is 9.53 Å². The summed E-state index contributed by atoms with van der Waals surface area (Å²) < 4.78 is 5.14. The summed E-state index contributed by atoms with van der Waals surface area (Å²) in [5.74, 6) is -0.457. The molecule has 2 aromatic rings. The van der Waals surface area contributed by atoms with Crippen molar-refractivity contribution in [1.82, 2.24) is 4.98 Å². The molecular formula is C13H11ClN2O2. The highest BCUT2D eigenvalue weighted by Crippen LogP contribution is 2.17. The molecule has 1 aromatic heterocycles. The zero-order valence-electron chi connectivity index (χ0n) is 9.47. The molecule has 1 aromatic carbocycles. The van der Waals surface area contributed by atoms with Gasteiger partial charge in [-0.25, -0.2) is 4.79 Å². The van der Waals surface area contributed by atoms with Gasteiger partial charge in [-0.1, -0.05) is 11.6 Å². The molecular weight excluding hydrogens is 252 g/mol. The Kier molecular flexibility index (Phi) is 3.79. The average molecular weight is 263 g/mol. The number of nitrogens with two attached hydrogens (primary N) is 1. The second kappa shape index (κ2) is 5.51. The van der Waals surface area contributed by atoms with Gasteiger partial charge in [0.1, 0.15) is 6.61 Å². The van der Waals surface area contributed by atoms with E-state index < -0.39 is 5.97 Å². The minimum absolute atomic E-state index is 0.188. The number of nitrogen functional groups attached to an aromatic ring is 1. The van der Waals surface area contributed by atoms with Gasteiger partial charge in [0, 0.05) is 23.1 Å². The van der Waals surface area contributed by atoms with E-state index in [1.807, 2.05) is 0 Å². The molecule has 1 heterocycles. The van der Waals surface area contributed by atoms with Gasteiger partial charge in [-0.2, -0.15) is 0 Å². The van der Waals surface area contributed by atoms with E-state index in [-0.39, 0.29) is 6.61 Å². The van der Waals surface area contributed by atoms with E-state index in [1.54, 1.807) is 30.6 Å². The van der Waals surface area contributed by atoms with Crippen LogP contribution < -0.4 is 5.73 Å². The van der Waals surface area contributed by atoms with Gasteiger partial charge in [0.05, 0.1) is 5.56 Å². The quantitative estimate of drug-likeness (QED) is 0.682. The second-order valence-corrected chi connectivity index (χ2v) is 4.14. The number of benzene rings is 1. The number of nitrogens with zero attached hydrogens (tertiary/aromatic N) is 1. The molecule has 0 amide bonds. The molecule has 2 N–H and O–H groups in total. The van der Waals surface area contributed by atoms with Crippen LogP contribution in [-0.2, 0) is 11.3 Å². The number of hydrogen-bond donors (Lipinski definition) is 1. The van der Waals surface area contributed by atoms with Crippen molar-refractivity contribution in [2.75, 3.05) is 5.73 Å². The lowest BCUT2D eigenvalue weighted by atomic mass is 10.2. The monoisotopic (exact) mass is 262 g/mol. The summed E-state index contributed by atoms with van der Waals surface area (Å²) in [5.41, 5.74) is 7.24. The molecule has 0 atom stereocenters. The van der Waals surface area contributed by atoms with E-state index >= 15 is 0 Å². The summed E-state index contributed by atoms with van der Waals surface area (Å²) in [7, 11) is 0. The average Bonchev–Trinajstić information content (AvgIpc) is 2.36. The molecule has 0 bridgehead atoms. The number of pyridine rings is 1. The highest BCUT2D eigenvalue weighted by atomic mass is 35.5. The Morgan fingerprint density at radius 2 is 2.00 bits per heavy atom. The molecule has 0 aliphatic rings. The Hall–Kier alpha value is -2.07. The maximum Gasteiger partial charge on any atom is 0.338 e. The van der Waals surface area contributed by atoms with E-state index in [0.717, 1.165) is 5.56 Å². The molecule has 92 valence electrons. The highest BCUT2D eigenvalue weighted by Gasteiger charge is 2.09. The van der Waals surface area contributed by atoms with Gasteiger partial charge in [-0.3, -0.25) is 4.98 Å². The Bertz CT molecular complexity index is 538. The number of aromatic nitrogens is 1. The van der Waals surface area contributed by atoms with E-state index in [1.165, 1.54) is 12.1 Å². The van der Waals surface area contributed by atoms with Gasteiger partial charge in [-0.15, -0.1) is 0 Å². The van der Waals surface area contributed by atoms with Gasteiger partial charge >= 0.3 is 5.97 Å². The maximum absolute atomic E-state index is 11.8. The van der Waals surface area contributed by atoms with Crippen molar-refractivity contribution in [2.24, 2.45) is 0 Å². The highest BCUT2D eigenvalue weighted by molar-refractivity contribution is 6.31. The van der Waals surface area contributed by atoms with Gasteiger partial charge < -0.3 is 10.5 Å². The SMILES string of the molecule is Nc1cc(Cl)cc(C(=O)OCc2ccncc2)c1. The number of esters is 1. The van der Waals surface area contributed by atoms with E-state index in [0.29, 0.717) is 16.3 Å². The van der Waals surface area contributed by atoms with Gasteiger partial charge in [0.25, 0.3) is 0 Å². The molecule has 18 heavy (non-hydrogen) atoms. The van der Waals surface area contributed by atoms with E-state index in [4.69, 9.17) is 22.1 Å². The zero-order valence-corrected chi connectivity index (χ0v) is 10.2. The zero-order chi connectivity index (χ0) is 13.0. The summed E-state index contributed by atoms with van der Waals surface area (Å²) in [6, 6.07) is 8.17. The molecule has 0 aliphatic heterocycles. The Morgan fingerprint density at radius 1 is 1.28 bits per heavy atom. The Balaban J connectivity index is 2.04. The lowest BCUT2D eigenvalue weighted by molar-refractivity contribution is 0.0472. The molecule has 2 rings (SSSR count). The fourth-order valence-electron chi connectivity index (χ4n) is 1.44. The van der Waals surface area contributed by atoms with Crippen LogP contribution in [0.2, 0.25) is 5.02 Å². The molecule has 0 unspecified atom stereocenters. The third kappa shape index (κ3) is 3.21. The number of rotatable bonds is 3. The van der Waals surface area contributed by atoms with Crippen LogP contribution in [0.4, 0.5) is 5.69 Å². The lowest BCUT2D eigenvalue weighted by Crippen LogP contribution is -2.06. The normalized spacial score (nSPS) is 10.1. The van der Waals surface area contributed by atoms with Crippen molar-refractivity contribution >= 4 is 23.3 Å². The summed E-state index contributed by atoms with van der Waals surface area (Å²) in [5, 5.41) is 0.408. The van der Waals surface area contributed by atoms with Crippen LogP contribution in [0, 0.1) is 0 Å². The van der Waals surface area contributed by atoms with Crippen LogP contribution >= 0.6 is 11.6 Å². The summed E-state index contributed by atoms with van der Waals surface area (Å²) in [4.78, 5) is 15.6. The van der Waals surface area contributed by atoms with Crippen LogP contribution in [0.15, 0.2) is 42.7 Å². The summed E-state index contributed by atoms with van der Waals surface area (Å²) >= 11 is 5.82. The summed E-state index contributed by atoms with van der Waals surface area (Å²) in [6.45, 7) is 0.188. The topological polar surface area (TPSA) is 65.2 Å². The minimum atomic E-state index is -0.457. The molecule has 0 radical (unpaired) electrons. The van der Waals surface area contributed by atoms with Crippen LogP contribution in [0.3, 0.4) is 0 Å². The third-order valence-corrected chi connectivity index (χ3v) is 2.49. The number of carbonyl (C=O) groups excluding carboxylic acids is 1. The fourth-order valence-corrected chi connectivity index (χ4v) is 1.68. The first kappa shape index (κ1) is 12.4. The maximum atomic E-state index is 11.8. The fraction of sp³-hybridized carbons (Fsp3) is 0.0769. The largest absolute Gasteiger partial charge is 0.457 e. The van der Waals surface area contributed by atoms with Gasteiger partial charge in [0.15, 0.2) is 0 Å². The van der Waals surface area contributed by atoms with Crippen molar-refractivity contribution in [3.8, 4) is 0 Å². The number of anilines is 1. The first-order chi connectivity index (χ1) is 8.65. The Morgan fingerprint density at radius 3 is 2.67 bits per heavy atom. The Labute approximate surface area is 109 Å². The molecule has 0 spiro atoms. The first-order valence-electron chi connectivity index (χ1n) is 5.27. The third-order valence-electron chi connectivity index (χ3n) is 2.28. The molecule has 0 saturated carbocycles. The number of ether oxygens (including phenoxy) is 1. The van der Waals surface area contributed by atoms with E-state index in [2.05, 4.69) is 4.98 Å². The van der Waals surface area contributed by atoms with Crippen molar-refractivity contribution in [1.29, 1.82) is 0 Å². The second-order valence-electron chi connectivity index (χ2n) is 3.70. The minimum Gasteiger partial charge on any atom is -0.457 e.